The van der Waals surface area contributed by atoms with Crippen LogP contribution in [0.3, 0.4) is 0 Å². The van der Waals surface area contributed by atoms with Gasteiger partial charge in [-0.15, -0.1) is 0 Å². The van der Waals surface area contributed by atoms with Crippen LogP contribution in [-0.2, 0) is 15.0 Å². The molecule has 1 heterocycles. The number of hydrogen-bond acceptors (Lipinski definition) is 3. The summed E-state index contributed by atoms with van der Waals surface area (Å²) in [4.78, 5) is 10.7. The van der Waals surface area contributed by atoms with E-state index in [0.29, 0.717) is 0 Å². The summed E-state index contributed by atoms with van der Waals surface area (Å²) < 4.78 is 26.3. The fourth-order valence-corrected chi connectivity index (χ4v) is 4.61. The molecule has 0 atom stereocenters. The van der Waals surface area contributed by atoms with Crippen LogP contribution in [0.2, 0.25) is 15.1 Å². The van der Waals surface area contributed by atoms with Gasteiger partial charge in [-0.25, -0.2) is 0 Å². The Labute approximate surface area is 130 Å². The number of halogens is 3. The number of aliphatic carboxylic acids is 1. The predicted molar refractivity (Wildman–Crippen MR) is 76.9 cm³/mol. The van der Waals surface area contributed by atoms with Crippen LogP contribution in [0.1, 0.15) is 0 Å². The van der Waals surface area contributed by atoms with Crippen LogP contribution in [0.4, 0.5) is 5.69 Å². The van der Waals surface area contributed by atoms with Crippen molar-refractivity contribution in [1.29, 1.82) is 0 Å². The Morgan fingerprint density at radius 3 is 2.25 bits per heavy atom. The van der Waals surface area contributed by atoms with Crippen LogP contribution in [0.25, 0.3) is 0 Å². The molecular weight excluding hydrogens is 351 g/mol. The number of rotatable bonds is 3. The van der Waals surface area contributed by atoms with E-state index in [1.165, 1.54) is 12.1 Å². The van der Waals surface area contributed by atoms with Crippen molar-refractivity contribution < 1.29 is 18.3 Å². The number of carboxylic acid groups (broad SMARTS) is 1. The highest BCUT2D eigenvalue weighted by atomic mass is 35.5. The average Bonchev–Trinajstić information content (AvgIpc) is 2.54. The Balaban J connectivity index is 2.43. The second kappa shape index (κ2) is 5.57. The smallest absolute Gasteiger partial charge is 0.318 e. The highest BCUT2D eigenvalue weighted by Gasteiger charge is 2.39. The molecule has 1 aromatic carbocycles. The molecule has 1 saturated heterocycles. The van der Waals surface area contributed by atoms with Crippen molar-refractivity contribution >= 4 is 56.7 Å². The van der Waals surface area contributed by atoms with Crippen molar-refractivity contribution in [1.82, 2.24) is 4.31 Å². The number of nitrogens with zero attached hydrogens (tertiary/aromatic N) is 2. The van der Waals surface area contributed by atoms with Gasteiger partial charge in [0.2, 0.25) is 0 Å². The van der Waals surface area contributed by atoms with E-state index in [1.54, 1.807) is 0 Å². The van der Waals surface area contributed by atoms with Crippen LogP contribution in [0.5, 0.6) is 0 Å². The fourth-order valence-electron chi connectivity index (χ4n) is 1.88. The Bertz CT molecular complexity index is 641. The van der Waals surface area contributed by atoms with E-state index in [2.05, 4.69) is 0 Å². The van der Waals surface area contributed by atoms with Crippen LogP contribution in [0, 0.1) is 0 Å². The molecule has 0 spiro atoms. The summed E-state index contributed by atoms with van der Waals surface area (Å²) in [6.45, 7) is -0.498. The van der Waals surface area contributed by atoms with Crippen molar-refractivity contribution in [2.24, 2.45) is 0 Å². The number of anilines is 1. The first-order chi connectivity index (χ1) is 9.23. The molecule has 0 amide bonds. The van der Waals surface area contributed by atoms with Crippen LogP contribution >= 0.6 is 34.8 Å². The summed E-state index contributed by atoms with van der Waals surface area (Å²) >= 11 is 17.7. The molecule has 0 unspecified atom stereocenters. The summed E-state index contributed by atoms with van der Waals surface area (Å²) in [5.74, 6) is -1.23. The predicted octanol–water partition coefficient (Wildman–Crippen LogP) is 2.10. The standard InChI is InChI=1S/C10H9Cl3N2O4S/c11-6-3-7(12)10(8(13)4-6)15-2-1-14(5-9(16)17)20(15,18)19/h3-4H,1-2,5H2,(H,16,17). The Hall–Kier alpha value is -0.730. The van der Waals surface area contributed by atoms with Crippen LogP contribution in [0.15, 0.2) is 12.1 Å². The molecule has 0 radical (unpaired) electrons. The largest absolute Gasteiger partial charge is 0.480 e. The van der Waals surface area contributed by atoms with Crippen molar-refractivity contribution in [3.8, 4) is 0 Å². The van der Waals surface area contributed by atoms with Gasteiger partial charge in [0.25, 0.3) is 0 Å². The van der Waals surface area contributed by atoms with E-state index < -0.39 is 22.7 Å². The van der Waals surface area contributed by atoms with Crippen molar-refractivity contribution in [2.45, 2.75) is 0 Å². The van der Waals surface area contributed by atoms with Gasteiger partial charge in [0, 0.05) is 18.1 Å². The van der Waals surface area contributed by atoms with Crippen LogP contribution < -0.4 is 4.31 Å². The van der Waals surface area contributed by atoms with Gasteiger partial charge in [-0.3, -0.25) is 9.10 Å². The van der Waals surface area contributed by atoms with E-state index in [-0.39, 0.29) is 33.8 Å². The highest BCUT2D eigenvalue weighted by molar-refractivity contribution is 7.90. The zero-order chi connectivity index (χ0) is 15.1. The Kier molecular flexibility index (Phi) is 4.36. The van der Waals surface area contributed by atoms with Crippen molar-refractivity contribution in [3.05, 3.63) is 27.2 Å². The monoisotopic (exact) mass is 358 g/mol. The molecule has 110 valence electrons. The maximum absolute atomic E-state index is 12.3. The fraction of sp³-hybridized carbons (Fsp3) is 0.300. The molecule has 10 heteroatoms. The third-order valence-electron chi connectivity index (χ3n) is 2.70. The van der Waals surface area contributed by atoms with Gasteiger partial charge in [-0.2, -0.15) is 12.7 Å². The summed E-state index contributed by atoms with van der Waals surface area (Å²) in [7, 11) is -3.96. The summed E-state index contributed by atoms with van der Waals surface area (Å²) in [5, 5.41) is 9.17. The highest BCUT2D eigenvalue weighted by Crippen LogP contribution is 2.39. The zero-order valence-corrected chi connectivity index (χ0v) is 13.0. The van der Waals surface area contributed by atoms with E-state index >= 15 is 0 Å². The Morgan fingerprint density at radius 2 is 1.75 bits per heavy atom. The zero-order valence-electron chi connectivity index (χ0n) is 9.88. The maximum atomic E-state index is 12.3. The third-order valence-corrected chi connectivity index (χ3v) is 5.38. The van der Waals surface area contributed by atoms with Gasteiger partial charge in [0.1, 0.15) is 6.54 Å². The molecule has 0 bridgehead atoms. The van der Waals surface area contributed by atoms with Gasteiger partial charge in [0.15, 0.2) is 0 Å². The molecule has 6 nitrogen and oxygen atoms in total. The number of carboxylic acids is 1. The number of carbonyl (C=O) groups is 1. The Morgan fingerprint density at radius 1 is 1.20 bits per heavy atom. The normalized spacial score (nSPS) is 18.4. The van der Waals surface area contributed by atoms with E-state index in [0.717, 1.165) is 8.61 Å². The molecule has 1 aliphatic rings. The van der Waals surface area contributed by atoms with Crippen LogP contribution in [-0.4, -0.2) is 43.4 Å². The van der Waals surface area contributed by atoms with Gasteiger partial charge in [-0.1, -0.05) is 34.8 Å². The minimum absolute atomic E-state index is 0.0456. The van der Waals surface area contributed by atoms with Crippen molar-refractivity contribution in [2.75, 3.05) is 23.9 Å². The van der Waals surface area contributed by atoms with Gasteiger partial charge in [-0.05, 0) is 12.1 Å². The molecule has 0 aliphatic carbocycles. The minimum atomic E-state index is -3.96. The number of benzene rings is 1. The summed E-state index contributed by atoms with van der Waals surface area (Å²) in [5.41, 5.74) is 0.102. The second-order valence-electron chi connectivity index (χ2n) is 4.03. The number of hydrogen-bond donors (Lipinski definition) is 1. The lowest BCUT2D eigenvalue weighted by atomic mass is 10.3. The average molecular weight is 360 g/mol. The minimum Gasteiger partial charge on any atom is -0.480 e. The van der Waals surface area contributed by atoms with E-state index in [1.807, 2.05) is 0 Å². The first-order valence-corrected chi connectivity index (χ1v) is 7.90. The SMILES string of the molecule is O=C(O)CN1CCN(c2c(Cl)cc(Cl)cc2Cl)S1(=O)=O. The first-order valence-electron chi connectivity index (χ1n) is 5.37. The van der Waals surface area contributed by atoms with E-state index in [9.17, 15) is 13.2 Å². The molecule has 2 rings (SSSR count). The molecule has 0 saturated carbocycles. The lowest BCUT2D eigenvalue weighted by molar-refractivity contribution is -0.137. The third kappa shape index (κ3) is 2.82. The molecule has 0 aromatic heterocycles. The van der Waals surface area contributed by atoms with Gasteiger partial charge in [0.05, 0.1) is 15.7 Å². The summed E-state index contributed by atoms with van der Waals surface area (Å²) in [6, 6.07) is 2.75. The molecule has 1 aliphatic heterocycles. The summed E-state index contributed by atoms with van der Waals surface area (Å²) in [6.07, 6.45) is 0. The first kappa shape index (κ1) is 15.7. The lowest BCUT2D eigenvalue weighted by Gasteiger charge is -2.21. The molecular formula is C10H9Cl3N2O4S. The van der Waals surface area contributed by atoms with Gasteiger partial charge < -0.3 is 5.11 Å². The maximum Gasteiger partial charge on any atom is 0.318 e. The lowest BCUT2D eigenvalue weighted by Crippen LogP contribution is -2.36. The molecule has 20 heavy (non-hydrogen) atoms. The quantitative estimate of drug-likeness (QED) is 0.896. The molecule has 1 fully saturated rings. The molecule has 1 aromatic rings. The van der Waals surface area contributed by atoms with Gasteiger partial charge >= 0.3 is 16.2 Å². The second-order valence-corrected chi connectivity index (χ2v) is 7.13. The molecule has 1 N–H and O–H groups in total. The van der Waals surface area contributed by atoms with Crippen molar-refractivity contribution in [3.63, 3.8) is 0 Å². The van der Waals surface area contributed by atoms with E-state index in [4.69, 9.17) is 39.9 Å². The topological polar surface area (TPSA) is 77.9 Å².